The molecule has 0 saturated carbocycles. The van der Waals surface area contributed by atoms with Crippen molar-refractivity contribution in [1.82, 2.24) is 10.3 Å². The van der Waals surface area contributed by atoms with Crippen LogP contribution in [0.25, 0.3) is 0 Å². The van der Waals surface area contributed by atoms with E-state index in [1.807, 2.05) is 42.5 Å². The zero-order valence-electron chi connectivity index (χ0n) is 17.5. The van der Waals surface area contributed by atoms with Gasteiger partial charge in [-0.05, 0) is 35.7 Å². The van der Waals surface area contributed by atoms with Crippen LogP contribution in [0, 0.1) is 6.92 Å². The molecule has 3 aromatic rings. The van der Waals surface area contributed by atoms with Crippen molar-refractivity contribution in [3.63, 3.8) is 0 Å². The first-order chi connectivity index (χ1) is 14.8. The van der Waals surface area contributed by atoms with Gasteiger partial charge in [0, 0.05) is 17.6 Å². The number of H-pyrrole nitrogens is 1. The molecule has 1 amide bonds. The van der Waals surface area contributed by atoms with E-state index in [4.69, 9.17) is 16.3 Å². The third-order valence-corrected chi connectivity index (χ3v) is 5.30. The van der Waals surface area contributed by atoms with Gasteiger partial charge in [-0.1, -0.05) is 54.1 Å². The number of methoxy groups -OCH3 is 1. The molecule has 1 heterocycles. The molecule has 0 fully saturated rings. The van der Waals surface area contributed by atoms with E-state index in [1.165, 1.54) is 14.0 Å². The van der Waals surface area contributed by atoms with E-state index in [9.17, 15) is 14.4 Å². The summed E-state index contributed by atoms with van der Waals surface area (Å²) in [6.45, 7) is 3.05. The Morgan fingerprint density at radius 3 is 2.23 bits per heavy atom. The largest absolute Gasteiger partial charge is 0.465 e. The van der Waals surface area contributed by atoms with Crippen molar-refractivity contribution in [3.05, 3.63) is 93.3 Å². The number of Topliss-reactive ketones (excluding diaryl/α,β-unsaturated/α-hetero) is 1. The van der Waals surface area contributed by atoms with E-state index in [0.29, 0.717) is 22.0 Å². The number of ketones is 1. The number of benzene rings is 2. The highest BCUT2D eigenvalue weighted by Gasteiger charge is 2.25. The number of halogens is 1. The number of carbonyl (C=O) groups is 3. The van der Waals surface area contributed by atoms with Gasteiger partial charge in [-0.25, -0.2) is 4.79 Å². The van der Waals surface area contributed by atoms with Crippen LogP contribution in [0.1, 0.15) is 56.2 Å². The SMILES string of the molecule is COC(=O)c1c(CC(=O)NC(c2ccccc2)c2ccc(Cl)cc2)[nH]c(C(C)=O)c1C. The number of aromatic nitrogens is 1. The molecule has 0 spiro atoms. The Bertz CT molecular complexity index is 1100. The van der Waals surface area contributed by atoms with Crippen molar-refractivity contribution in [3.8, 4) is 0 Å². The maximum Gasteiger partial charge on any atom is 0.339 e. The number of nitrogens with one attached hydrogen (secondary N) is 2. The van der Waals surface area contributed by atoms with Crippen LogP contribution in [0.3, 0.4) is 0 Å². The van der Waals surface area contributed by atoms with Crippen LogP contribution in [-0.4, -0.2) is 29.8 Å². The molecule has 160 valence electrons. The van der Waals surface area contributed by atoms with E-state index < -0.39 is 12.0 Å². The van der Waals surface area contributed by atoms with E-state index in [1.54, 1.807) is 19.1 Å². The lowest BCUT2D eigenvalue weighted by atomic mass is 9.98. The van der Waals surface area contributed by atoms with Crippen LogP contribution in [0.2, 0.25) is 5.02 Å². The van der Waals surface area contributed by atoms with Crippen molar-refractivity contribution < 1.29 is 19.1 Å². The minimum absolute atomic E-state index is 0.116. The van der Waals surface area contributed by atoms with Gasteiger partial charge in [0.15, 0.2) is 5.78 Å². The van der Waals surface area contributed by atoms with Gasteiger partial charge in [-0.3, -0.25) is 9.59 Å². The van der Waals surface area contributed by atoms with Crippen LogP contribution < -0.4 is 5.32 Å². The number of hydrogen-bond acceptors (Lipinski definition) is 4. The molecule has 1 unspecified atom stereocenters. The maximum atomic E-state index is 13.0. The normalized spacial score (nSPS) is 11.6. The van der Waals surface area contributed by atoms with Crippen LogP contribution in [0.4, 0.5) is 0 Å². The lowest BCUT2D eigenvalue weighted by Crippen LogP contribution is -2.31. The Morgan fingerprint density at radius 1 is 1.03 bits per heavy atom. The molecule has 0 saturated heterocycles. The average Bonchev–Trinajstić information content (AvgIpc) is 3.08. The molecule has 2 N–H and O–H groups in total. The zero-order chi connectivity index (χ0) is 22.5. The number of ether oxygens (including phenoxy) is 1. The van der Waals surface area contributed by atoms with Gasteiger partial charge in [0.05, 0.1) is 30.8 Å². The predicted octanol–water partition coefficient (Wildman–Crippen LogP) is 4.41. The van der Waals surface area contributed by atoms with E-state index in [2.05, 4.69) is 10.3 Å². The van der Waals surface area contributed by atoms with Crippen LogP contribution in [0.15, 0.2) is 54.6 Å². The van der Waals surface area contributed by atoms with Crippen molar-refractivity contribution in [2.45, 2.75) is 26.3 Å². The molecule has 2 aromatic carbocycles. The summed E-state index contributed by atoms with van der Waals surface area (Å²) in [4.78, 5) is 40.1. The topological polar surface area (TPSA) is 88.3 Å². The second-order valence-corrected chi connectivity index (χ2v) is 7.60. The second kappa shape index (κ2) is 9.62. The molecule has 31 heavy (non-hydrogen) atoms. The second-order valence-electron chi connectivity index (χ2n) is 7.17. The summed E-state index contributed by atoms with van der Waals surface area (Å²) in [6.07, 6.45) is -0.116. The van der Waals surface area contributed by atoms with E-state index in [0.717, 1.165) is 11.1 Å². The van der Waals surface area contributed by atoms with Crippen LogP contribution >= 0.6 is 11.6 Å². The quantitative estimate of drug-likeness (QED) is 0.422. The standard InChI is InChI=1S/C24H23ClN2O4/c1-14-21(24(30)31-3)19(26-22(14)15(2)28)13-20(29)27-23(16-7-5-4-6-8-16)17-9-11-18(25)12-10-17/h4-12,23,26H,13H2,1-3H3,(H,27,29). The molecular formula is C24H23ClN2O4. The molecule has 1 aromatic heterocycles. The van der Waals surface area contributed by atoms with Crippen molar-refractivity contribution >= 4 is 29.3 Å². The summed E-state index contributed by atoms with van der Waals surface area (Å²) in [5.41, 5.74) is 3.09. The van der Waals surface area contributed by atoms with E-state index >= 15 is 0 Å². The molecule has 0 radical (unpaired) electrons. The fourth-order valence-corrected chi connectivity index (χ4v) is 3.68. The summed E-state index contributed by atoms with van der Waals surface area (Å²) in [5, 5.41) is 3.62. The smallest absolute Gasteiger partial charge is 0.339 e. The summed E-state index contributed by atoms with van der Waals surface area (Å²) in [7, 11) is 1.26. The summed E-state index contributed by atoms with van der Waals surface area (Å²) in [6, 6.07) is 16.4. The third-order valence-electron chi connectivity index (χ3n) is 5.05. The fraction of sp³-hybridized carbons (Fsp3) is 0.208. The first-order valence-corrected chi connectivity index (χ1v) is 10.1. The number of amides is 1. The summed E-state index contributed by atoms with van der Waals surface area (Å²) >= 11 is 6.02. The molecule has 0 aliphatic carbocycles. The summed E-state index contributed by atoms with van der Waals surface area (Å²) in [5.74, 6) is -1.13. The minimum atomic E-state index is -0.596. The monoisotopic (exact) mass is 438 g/mol. The molecule has 1 atom stereocenters. The Hall–Kier alpha value is -3.38. The molecule has 6 nitrogen and oxygen atoms in total. The van der Waals surface area contributed by atoms with Gasteiger partial charge in [0.25, 0.3) is 0 Å². The van der Waals surface area contributed by atoms with Gasteiger partial charge in [-0.15, -0.1) is 0 Å². The predicted molar refractivity (Wildman–Crippen MR) is 118 cm³/mol. The van der Waals surface area contributed by atoms with Gasteiger partial charge in [0.2, 0.25) is 5.91 Å². The average molecular weight is 439 g/mol. The number of rotatable bonds is 7. The Labute approximate surface area is 185 Å². The number of aromatic amines is 1. The van der Waals surface area contributed by atoms with Crippen molar-refractivity contribution in [2.75, 3.05) is 7.11 Å². The Morgan fingerprint density at radius 2 is 1.65 bits per heavy atom. The van der Waals surface area contributed by atoms with Gasteiger partial charge < -0.3 is 15.0 Å². The number of esters is 1. The fourth-order valence-electron chi connectivity index (χ4n) is 3.55. The van der Waals surface area contributed by atoms with Crippen LogP contribution in [-0.2, 0) is 16.0 Å². The minimum Gasteiger partial charge on any atom is -0.465 e. The first kappa shape index (κ1) is 22.3. The lowest BCUT2D eigenvalue weighted by Gasteiger charge is -2.20. The molecule has 0 bridgehead atoms. The first-order valence-electron chi connectivity index (χ1n) is 9.72. The zero-order valence-corrected chi connectivity index (χ0v) is 18.2. The van der Waals surface area contributed by atoms with Gasteiger partial charge >= 0.3 is 5.97 Å². The molecule has 0 aliphatic rings. The number of hydrogen-bond donors (Lipinski definition) is 2. The lowest BCUT2D eigenvalue weighted by molar-refractivity contribution is -0.121. The van der Waals surface area contributed by atoms with E-state index in [-0.39, 0.29) is 23.7 Å². The Balaban J connectivity index is 1.91. The molecule has 3 rings (SSSR count). The van der Waals surface area contributed by atoms with Crippen molar-refractivity contribution in [1.29, 1.82) is 0 Å². The number of carbonyl (C=O) groups excluding carboxylic acids is 3. The van der Waals surface area contributed by atoms with Gasteiger partial charge in [0.1, 0.15) is 0 Å². The third kappa shape index (κ3) is 5.03. The molecule has 0 aliphatic heterocycles. The van der Waals surface area contributed by atoms with Crippen LogP contribution in [0.5, 0.6) is 0 Å². The van der Waals surface area contributed by atoms with Gasteiger partial charge in [-0.2, -0.15) is 0 Å². The highest BCUT2D eigenvalue weighted by molar-refractivity contribution is 6.30. The van der Waals surface area contributed by atoms with Crippen molar-refractivity contribution in [2.24, 2.45) is 0 Å². The maximum absolute atomic E-state index is 13.0. The highest BCUT2D eigenvalue weighted by Crippen LogP contribution is 2.25. The Kier molecular flexibility index (Phi) is 6.92. The molecular weight excluding hydrogens is 416 g/mol. The molecule has 7 heteroatoms. The highest BCUT2D eigenvalue weighted by atomic mass is 35.5. The summed E-state index contributed by atoms with van der Waals surface area (Å²) < 4.78 is 4.85.